The van der Waals surface area contributed by atoms with E-state index in [2.05, 4.69) is 0 Å². The lowest BCUT2D eigenvalue weighted by atomic mass is 10.1. The van der Waals surface area contributed by atoms with Gasteiger partial charge < -0.3 is 14.4 Å². The van der Waals surface area contributed by atoms with Crippen molar-refractivity contribution in [1.29, 1.82) is 0 Å². The molecule has 2 heterocycles. The first kappa shape index (κ1) is 19.0. The van der Waals surface area contributed by atoms with E-state index in [1.807, 2.05) is 0 Å². The number of furan rings is 1. The maximum Gasteiger partial charge on any atom is 0.305 e. The number of nitrogens with zero attached hydrogens (tertiary/aromatic N) is 2. The summed E-state index contributed by atoms with van der Waals surface area (Å²) in [5, 5.41) is 9.20. The minimum Gasteiger partial charge on any atom is -0.481 e. The average molecular weight is 378 g/mol. The molecular weight excluding hydrogens is 358 g/mol. The van der Waals surface area contributed by atoms with E-state index >= 15 is 0 Å². The maximum atomic E-state index is 13.4. The summed E-state index contributed by atoms with van der Waals surface area (Å²) in [4.78, 5) is 27.3. The van der Waals surface area contributed by atoms with E-state index in [1.165, 1.54) is 17.0 Å². The summed E-state index contributed by atoms with van der Waals surface area (Å²) in [6.45, 7) is 2.91. The van der Waals surface area contributed by atoms with Crippen molar-refractivity contribution in [3.05, 3.63) is 59.1 Å². The highest BCUT2D eigenvalue weighted by atomic mass is 19.1. The molecule has 1 aromatic carbocycles. The first-order valence-corrected chi connectivity index (χ1v) is 8.57. The second kappa shape index (κ2) is 7.87. The number of rotatable bonds is 6. The lowest BCUT2D eigenvalue weighted by molar-refractivity contribution is -0.150. The number of benzene rings is 1. The number of carbonyl (C=O) groups excluding carboxylic acids is 1. The molecule has 27 heavy (non-hydrogen) atoms. The highest BCUT2D eigenvalue weighted by Crippen LogP contribution is 2.21. The molecule has 0 bridgehead atoms. The number of piperazine rings is 1. The molecule has 0 radical (unpaired) electrons. The molecule has 1 amide bonds. The quantitative estimate of drug-likeness (QED) is 0.836. The van der Waals surface area contributed by atoms with Gasteiger partial charge in [-0.25, -0.2) is 8.78 Å². The Labute approximate surface area is 155 Å². The van der Waals surface area contributed by atoms with Gasteiger partial charge in [-0.15, -0.1) is 0 Å². The summed E-state index contributed by atoms with van der Waals surface area (Å²) in [6, 6.07) is 5.83. The van der Waals surface area contributed by atoms with Gasteiger partial charge in [0.25, 0.3) is 0 Å². The number of amides is 1. The fourth-order valence-corrected chi connectivity index (χ4v) is 3.30. The van der Waals surface area contributed by atoms with E-state index in [1.54, 1.807) is 24.0 Å². The Kier molecular flexibility index (Phi) is 5.55. The SMILES string of the molecule is Cc1ccc(CN2CCN(Cc3cc(F)cc(F)c3)C(=O)C2CC(=O)O)o1. The van der Waals surface area contributed by atoms with Crippen molar-refractivity contribution in [1.82, 2.24) is 9.80 Å². The summed E-state index contributed by atoms with van der Waals surface area (Å²) in [7, 11) is 0. The Hall–Kier alpha value is -2.74. The fourth-order valence-electron chi connectivity index (χ4n) is 3.30. The normalized spacial score (nSPS) is 18.1. The molecule has 0 spiro atoms. The lowest BCUT2D eigenvalue weighted by Crippen LogP contribution is -2.56. The molecule has 0 aliphatic carbocycles. The van der Waals surface area contributed by atoms with Gasteiger partial charge in [0.1, 0.15) is 29.2 Å². The third-order valence-corrected chi connectivity index (χ3v) is 4.51. The van der Waals surface area contributed by atoms with Crippen LogP contribution in [0.5, 0.6) is 0 Å². The summed E-state index contributed by atoms with van der Waals surface area (Å²) in [5.41, 5.74) is 0.324. The molecule has 6 nitrogen and oxygen atoms in total. The average Bonchev–Trinajstić information content (AvgIpc) is 2.97. The Morgan fingerprint density at radius 3 is 2.48 bits per heavy atom. The molecule has 1 aliphatic heterocycles. The van der Waals surface area contributed by atoms with Gasteiger partial charge in [-0.2, -0.15) is 0 Å². The number of carboxylic acids is 1. The second-order valence-electron chi connectivity index (χ2n) is 6.63. The predicted molar refractivity (Wildman–Crippen MR) is 91.7 cm³/mol. The van der Waals surface area contributed by atoms with Crippen LogP contribution in [0, 0.1) is 18.6 Å². The number of aryl methyl sites for hydroxylation is 1. The topological polar surface area (TPSA) is 74.0 Å². The Bertz CT molecular complexity index is 832. The van der Waals surface area contributed by atoms with Gasteiger partial charge >= 0.3 is 5.97 Å². The third-order valence-electron chi connectivity index (χ3n) is 4.51. The molecule has 3 rings (SSSR count). The van der Waals surface area contributed by atoms with Crippen LogP contribution in [0.3, 0.4) is 0 Å². The first-order chi connectivity index (χ1) is 12.8. The second-order valence-corrected chi connectivity index (χ2v) is 6.63. The highest BCUT2D eigenvalue weighted by Gasteiger charge is 2.36. The molecule has 1 atom stereocenters. The molecule has 1 saturated heterocycles. The van der Waals surface area contributed by atoms with Crippen molar-refractivity contribution in [3.63, 3.8) is 0 Å². The van der Waals surface area contributed by atoms with Crippen molar-refractivity contribution in [2.24, 2.45) is 0 Å². The van der Waals surface area contributed by atoms with Crippen LogP contribution in [0.15, 0.2) is 34.7 Å². The standard InChI is InChI=1S/C19H20F2N2O4/c1-12-2-3-16(27-12)11-22-4-5-23(19(26)17(22)9-18(24)25)10-13-6-14(20)8-15(21)7-13/h2-3,6-8,17H,4-5,9-11H2,1H3,(H,24,25). The van der Waals surface area contributed by atoms with Gasteiger partial charge in [0.05, 0.1) is 13.0 Å². The van der Waals surface area contributed by atoms with E-state index in [-0.39, 0.29) is 18.9 Å². The van der Waals surface area contributed by atoms with Crippen molar-refractivity contribution < 1.29 is 27.9 Å². The maximum absolute atomic E-state index is 13.4. The van der Waals surface area contributed by atoms with Crippen molar-refractivity contribution >= 4 is 11.9 Å². The highest BCUT2D eigenvalue weighted by molar-refractivity contribution is 5.86. The summed E-state index contributed by atoms with van der Waals surface area (Å²) in [6.07, 6.45) is -0.355. The minimum atomic E-state index is -1.09. The van der Waals surface area contributed by atoms with E-state index in [0.29, 0.717) is 31.0 Å². The number of carbonyl (C=O) groups is 2. The molecule has 144 valence electrons. The largest absolute Gasteiger partial charge is 0.481 e. The molecule has 1 N–H and O–H groups in total. The molecule has 1 aromatic heterocycles. The summed E-state index contributed by atoms with van der Waals surface area (Å²) >= 11 is 0. The third kappa shape index (κ3) is 4.71. The van der Waals surface area contributed by atoms with Crippen LogP contribution in [0.1, 0.15) is 23.5 Å². The predicted octanol–water partition coefficient (Wildman–Crippen LogP) is 2.55. The van der Waals surface area contributed by atoms with Gasteiger partial charge in [-0.3, -0.25) is 14.5 Å². The van der Waals surface area contributed by atoms with Crippen LogP contribution in [0.2, 0.25) is 0 Å². The summed E-state index contributed by atoms with van der Waals surface area (Å²) < 4.78 is 32.3. The number of aliphatic carboxylic acids is 1. The fraction of sp³-hybridized carbons (Fsp3) is 0.368. The van der Waals surface area contributed by atoms with Crippen molar-refractivity contribution in [3.8, 4) is 0 Å². The summed E-state index contributed by atoms with van der Waals surface area (Å²) in [5.74, 6) is -1.52. The van der Waals surface area contributed by atoms with E-state index < -0.39 is 23.6 Å². The molecule has 1 aliphatic rings. The zero-order valence-electron chi connectivity index (χ0n) is 14.8. The van der Waals surface area contributed by atoms with E-state index in [9.17, 15) is 23.5 Å². The van der Waals surface area contributed by atoms with E-state index in [4.69, 9.17) is 4.42 Å². The van der Waals surface area contributed by atoms with Gasteiger partial charge in [0.2, 0.25) is 5.91 Å². The van der Waals surface area contributed by atoms with Crippen LogP contribution < -0.4 is 0 Å². The first-order valence-electron chi connectivity index (χ1n) is 8.57. The van der Waals surface area contributed by atoms with Crippen LogP contribution in [0.25, 0.3) is 0 Å². The monoisotopic (exact) mass is 378 g/mol. The van der Waals surface area contributed by atoms with E-state index in [0.717, 1.165) is 11.8 Å². The van der Waals surface area contributed by atoms with Crippen molar-refractivity contribution in [2.75, 3.05) is 13.1 Å². The number of halogens is 2. The minimum absolute atomic E-state index is 0.0251. The number of carboxylic acid groups (broad SMARTS) is 1. The zero-order chi connectivity index (χ0) is 19.6. The van der Waals surface area contributed by atoms with Gasteiger partial charge in [-0.1, -0.05) is 0 Å². The van der Waals surface area contributed by atoms with Crippen molar-refractivity contribution in [2.45, 2.75) is 32.5 Å². The van der Waals surface area contributed by atoms with Crippen LogP contribution in [0.4, 0.5) is 8.78 Å². The zero-order valence-corrected chi connectivity index (χ0v) is 14.8. The Morgan fingerprint density at radius 2 is 1.89 bits per heavy atom. The lowest BCUT2D eigenvalue weighted by Gasteiger charge is -2.39. The smallest absolute Gasteiger partial charge is 0.305 e. The molecule has 0 saturated carbocycles. The van der Waals surface area contributed by atoms with Gasteiger partial charge in [0, 0.05) is 25.7 Å². The molecule has 2 aromatic rings. The van der Waals surface area contributed by atoms with Gasteiger partial charge in [0.15, 0.2) is 0 Å². The van der Waals surface area contributed by atoms with Crippen LogP contribution in [-0.4, -0.2) is 45.9 Å². The molecule has 1 fully saturated rings. The van der Waals surface area contributed by atoms with Crippen LogP contribution >= 0.6 is 0 Å². The molecule has 1 unspecified atom stereocenters. The number of hydrogen-bond acceptors (Lipinski definition) is 4. The Balaban J connectivity index is 1.76. The van der Waals surface area contributed by atoms with Crippen LogP contribution in [-0.2, 0) is 22.7 Å². The molecular formula is C19H20F2N2O4. The Morgan fingerprint density at radius 1 is 1.19 bits per heavy atom. The molecule has 8 heteroatoms. The number of hydrogen-bond donors (Lipinski definition) is 1. The van der Waals surface area contributed by atoms with Gasteiger partial charge in [-0.05, 0) is 36.8 Å².